The van der Waals surface area contributed by atoms with Crippen LogP contribution in [0.1, 0.15) is 24.9 Å². The van der Waals surface area contributed by atoms with E-state index in [1.165, 1.54) is 0 Å². The summed E-state index contributed by atoms with van der Waals surface area (Å²) in [6.45, 7) is 2.44. The molecule has 23 heavy (non-hydrogen) atoms. The molecule has 0 spiro atoms. The monoisotopic (exact) mass is 312 g/mol. The zero-order valence-electron chi connectivity index (χ0n) is 13.3. The Hall–Kier alpha value is -2.63. The quantitative estimate of drug-likeness (QED) is 0.938. The summed E-state index contributed by atoms with van der Waals surface area (Å²) in [6.07, 6.45) is 3.58. The Balaban J connectivity index is 1.66. The van der Waals surface area contributed by atoms with Gasteiger partial charge in [0.1, 0.15) is 0 Å². The molecule has 0 aliphatic carbocycles. The van der Waals surface area contributed by atoms with Crippen molar-refractivity contribution < 1.29 is 9.59 Å². The van der Waals surface area contributed by atoms with Crippen LogP contribution in [-0.2, 0) is 16.6 Å². The first-order chi connectivity index (χ1) is 11.0. The van der Waals surface area contributed by atoms with Crippen molar-refractivity contribution in [2.45, 2.75) is 19.4 Å². The molecule has 0 unspecified atom stereocenters. The van der Waals surface area contributed by atoms with E-state index in [2.05, 4.69) is 10.4 Å². The van der Waals surface area contributed by atoms with Crippen LogP contribution in [0.15, 0.2) is 42.7 Å². The molecule has 0 radical (unpaired) electrons. The Morgan fingerprint density at radius 3 is 2.74 bits per heavy atom. The Morgan fingerprint density at radius 1 is 1.35 bits per heavy atom. The van der Waals surface area contributed by atoms with Gasteiger partial charge in [-0.05, 0) is 12.5 Å². The summed E-state index contributed by atoms with van der Waals surface area (Å²) in [5.74, 6) is -0.435. The van der Waals surface area contributed by atoms with E-state index in [9.17, 15) is 9.59 Å². The van der Waals surface area contributed by atoms with Crippen LogP contribution in [0.5, 0.6) is 0 Å². The largest absolute Gasteiger partial charge is 0.335 e. The number of hydrogen-bond donors (Lipinski definition) is 1. The van der Waals surface area contributed by atoms with Crippen LogP contribution >= 0.6 is 0 Å². The normalized spacial score (nSPS) is 19.0. The zero-order valence-corrected chi connectivity index (χ0v) is 13.3. The third-order valence-electron chi connectivity index (χ3n) is 4.25. The molecule has 2 atom stereocenters. The molecule has 6 nitrogen and oxygen atoms in total. The molecule has 0 saturated carbocycles. The number of likely N-dealkylation sites (tertiary alicyclic amines) is 1. The summed E-state index contributed by atoms with van der Waals surface area (Å²) in [5, 5.41) is 6.84. The van der Waals surface area contributed by atoms with Gasteiger partial charge in [0.25, 0.3) is 0 Å². The highest BCUT2D eigenvalue weighted by molar-refractivity contribution is 5.97. The van der Waals surface area contributed by atoms with Gasteiger partial charge >= 0.3 is 0 Å². The summed E-state index contributed by atoms with van der Waals surface area (Å²) in [6, 6.07) is 9.84. The first kappa shape index (κ1) is 15.3. The Labute approximate surface area is 135 Å². The predicted molar refractivity (Wildman–Crippen MR) is 86.5 cm³/mol. The SMILES string of the molecule is C[C@@H](c1ccccc1)N1C[C@@H](C(=O)Nc2cnn(C)c2)CC1=O. The highest BCUT2D eigenvalue weighted by Gasteiger charge is 2.37. The lowest BCUT2D eigenvalue weighted by molar-refractivity contribution is -0.129. The molecular formula is C17H20N4O2. The summed E-state index contributed by atoms with van der Waals surface area (Å²) in [5.41, 5.74) is 1.73. The molecule has 120 valence electrons. The lowest BCUT2D eigenvalue weighted by Crippen LogP contribution is -2.30. The van der Waals surface area contributed by atoms with E-state index in [0.717, 1.165) is 5.56 Å². The average molecular weight is 312 g/mol. The number of aromatic nitrogens is 2. The molecule has 2 amide bonds. The highest BCUT2D eigenvalue weighted by Crippen LogP contribution is 2.29. The molecule has 1 aliphatic rings. The van der Waals surface area contributed by atoms with Gasteiger partial charge in [-0.2, -0.15) is 5.10 Å². The van der Waals surface area contributed by atoms with E-state index < -0.39 is 0 Å². The van der Waals surface area contributed by atoms with Gasteiger partial charge in [0.05, 0.1) is 23.8 Å². The molecule has 1 aromatic carbocycles. The van der Waals surface area contributed by atoms with Gasteiger partial charge in [0.2, 0.25) is 11.8 Å². The number of amides is 2. The first-order valence-electron chi connectivity index (χ1n) is 7.68. The van der Waals surface area contributed by atoms with Gasteiger partial charge in [0.15, 0.2) is 0 Å². The first-order valence-corrected chi connectivity index (χ1v) is 7.68. The van der Waals surface area contributed by atoms with Crippen LogP contribution < -0.4 is 5.32 Å². The second-order valence-electron chi connectivity index (χ2n) is 5.93. The van der Waals surface area contributed by atoms with Crippen molar-refractivity contribution in [3.63, 3.8) is 0 Å². The van der Waals surface area contributed by atoms with Gasteiger partial charge in [-0.3, -0.25) is 14.3 Å². The number of carbonyl (C=O) groups is 2. The average Bonchev–Trinajstić information content (AvgIpc) is 3.13. The molecule has 1 saturated heterocycles. The van der Waals surface area contributed by atoms with Crippen molar-refractivity contribution in [3.8, 4) is 0 Å². The molecule has 2 heterocycles. The van der Waals surface area contributed by atoms with Gasteiger partial charge in [-0.1, -0.05) is 30.3 Å². The number of nitrogens with one attached hydrogen (secondary N) is 1. The number of rotatable bonds is 4. The molecular weight excluding hydrogens is 292 g/mol. The van der Waals surface area contributed by atoms with Crippen molar-refractivity contribution in [2.24, 2.45) is 13.0 Å². The van der Waals surface area contributed by atoms with Crippen molar-refractivity contribution >= 4 is 17.5 Å². The van der Waals surface area contributed by atoms with Crippen LogP contribution in [0.2, 0.25) is 0 Å². The maximum Gasteiger partial charge on any atom is 0.229 e. The Kier molecular flexibility index (Phi) is 4.14. The number of carbonyl (C=O) groups excluding carboxylic acids is 2. The lowest BCUT2D eigenvalue weighted by Gasteiger charge is -2.25. The van der Waals surface area contributed by atoms with Crippen LogP contribution in [0, 0.1) is 5.92 Å². The predicted octanol–water partition coefficient (Wildman–Crippen LogP) is 1.97. The number of nitrogens with zero attached hydrogens (tertiary/aromatic N) is 3. The highest BCUT2D eigenvalue weighted by atomic mass is 16.2. The lowest BCUT2D eigenvalue weighted by atomic mass is 10.1. The molecule has 1 aromatic heterocycles. The van der Waals surface area contributed by atoms with Crippen molar-refractivity contribution in [1.29, 1.82) is 0 Å². The molecule has 2 aromatic rings. The summed E-state index contributed by atoms with van der Waals surface area (Å²) in [7, 11) is 1.79. The van der Waals surface area contributed by atoms with Crippen molar-refractivity contribution in [3.05, 3.63) is 48.3 Å². The van der Waals surface area contributed by atoms with Crippen LogP contribution in [-0.4, -0.2) is 33.0 Å². The van der Waals surface area contributed by atoms with Gasteiger partial charge < -0.3 is 10.2 Å². The Bertz CT molecular complexity index is 710. The maximum atomic E-state index is 12.3. The minimum absolute atomic E-state index is 0.0210. The van der Waals surface area contributed by atoms with Gasteiger partial charge in [-0.25, -0.2) is 0 Å². The number of benzene rings is 1. The molecule has 1 fully saturated rings. The second-order valence-corrected chi connectivity index (χ2v) is 5.93. The Morgan fingerprint density at radius 2 is 2.09 bits per heavy atom. The fourth-order valence-electron chi connectivity index (χ4n) is 2.92. The summed E-state index contributed by atoms with van der Waals surface area (Å²) >= 11 is 0. The van der Waals surface area contributed by atoms with E-state index in [4.69, 9.17) is 0 Å². The standard InChI is InChI=1S/C17H20N4O2/c1-12(13-6-4-3-5-7-13)21-10-14(8-16(21)22)17(23)19-15-9-18-20(2)11-15/h3-7,9,11-12,14H,8,10H2,1-2H3,(H,19,23)/t12-,14-/m0/s1. The molecule has 1 N–H and O–H groups in total. The molecule has 1 aliphatic heterocycles. The summed E-state index contributed by atoms with van der Waals surface area (Å²) < 4.78 is 1.62. The second kappa shape index (κ2) is 6.24. The molecule has 0 bridgehead atoms. The number of hydrogen-bond acceptors (Lipinski definition) is 3. The smallest absolute Gasteiger partial charge is 0.229 e. The van der Waals surface area contributed by atoms with Gasteiger partial charge in [0, 0.05) is 26.2 Å². The van der Waals surface area contributed by atoms with E-state index in [1.54, 1.807) is 29.0 Å². The van der Waals surface area contributed by atoms with Crippen molar-refractivity contribution in [2.75, 3.05) is 11.9 Å². The van der Waals surface area contributed by atoms with E-state index in [-0.39, 0.29) is 30.2 Å². The maximum absolute atomic E-state index is 12.3. The van der Waals surface area contributed by atoms with Crippen LogP contribution in [0.3, 0.4) is 0 Å². The minimum atomic E-state index is -0.325. The fraction of sp³-hybridized carbons (Fsp3) is 0.353. The fourth-order valence-corrected chi connectivity index (χ4v) is 2.92. The zero-order chi connectivity index (χ0) is 16.4. The van der Waals surface area contributed by atoms with Gasteiger partial charge in [-0.15, -0.1) is 0 Å². The van der Waals surface area contributed by atoms with E-state index in [1.807, 2.05) is 37.3 Å². The van der Waals surface area contributed by atoms with Crippen LogP contribution in [0.25, 0.3) is 0 Å². The number of aryl methyl sites for hydroxylation is 1. The van der Waals surface area contributed by atoms with E-state index >= 15 is 0 Å². The molecule has 3 rings (SSSR count). The topological polar surface area (TPSA) is 67.2 Å². The number of anilines is 1. The van der Waals surface area contributed by atoms with Crippen molar-refractivity contribution in [1.82, 2.24) is 14.7 Å². The third-order valence-corrected chi connectivity index (χ3v) is 4.25. The summed E-state index contributed by atoms with van der Waals surface area (Å²) in [4.78, 5) is 26.4. The van der Waals surface area contributed by atoms with Crippen LogP contribution in [0.4, 0.5) is 5.69 Å². The molecule has 6 heteroatoms. The minimum Gasteiger partial charge on any atom is -0.335 e. The third kappa shape index (κ3) is 3.26. The van der Waals surface area contributed by atoms with E-state index in [0.29, 0.717) is 12.2 Å².